The summed E-state index contributed by atoms with van der Waals surface area (Å²) in [5.41, 5.74) is 7.85. The minimum atomic E-state index is 0.127. The first-order valence-corrected chi connectivity index (χ1v) is 7.00. The summed E-state index contributed by atoms with van der Waals surface area (Å²) in [6.07, 6.45) is 2.53. The topological polar surface area (TPSA) is 48.1 Å². The fraction of sp³-hybridized carbons (Fsp3) is 0.267. The van der Waals surface area contributed by atoms with Crippen LogP contribution in [-0.2, 0) is 13.0 Å². The van der Waals surface area contributed by atoms with Gasteiger partial charge in [-0.1, -0.05) is 28.1 Å². The Balaban J connectivity index is 1.91. The largest absolute Gasteiger partial charge is 0.487 e. The van der Waals surface area contributed by atoms with Crippen LogP contribution in [0, 0.1) is 0 Å². The Labute approximate surface area is 121 Å². The Morgan fingerprint density at radius 2 is 1.95 bits per heavy atom. The Bertz CT molecular complexity index is 509. The predicted molar refractivity (Wildman–Crippen MR) is 80.1 cm³/mol. The zero-order chi connectivity index (χ0) is 13.7. The summed E-state index contributed by atoms with van der Waals surface area (Å²) in [6, 6.07) is 12.1. The van der Waals surface area contributed by atoms with E-state index in [1.807, 2.05) is 43.3 Å². The molecule has 0 bridgehead atoms. The second-order valence-electron chi connectivity index (χ2n) is 4.58. The second-order valence-corrected chi connectivity index (χ2v) is 5.50. The number of aromatic nitrogens is 1. The summed E-state index contributed by atoms with van der Waals surface area (Å²) >= 11 is 3.41. The lowest BCUT2D eigenvalue weighted by molar-refractivity contribution is 0.304. The lowest BCUT2D eigenvalue weighted by atomic mass is 10.2. The Kier molecular flexibility index (Phi) is 4.93. The van der Waals surface area contributed by atoms with Crippen molar-refractivity contribution >= 4 is 15.9 Å². The van der Waals surface area contributed by atoms with Crippen molar-refractivity contribution < 1.29 is 4.74 Å². The number of hydrogen-bond acceptors (Lipinski definition) is 3. The molecule has 1 atom stereocenters. The highest BCUT2D eigenvalue weighted by Gasteiger charge is 2.01. The monoisotopic (exact) mass is 320 g/mol. The molecule has 1 aromatic carbocycles. The molecule has 0 saturated carbocycles. The van der Waals surface area contributed by atoms with E-state index in [0.29, 0.717) is 6.61 Å². The van der Waals surface area contributed by atoms with Crippen LogP contribution >= 0.6 is 15.9 Å². The first kappa shape index (κ1) is 14.0. The van der Waals surface area contributed by atoms with Crippen LogP contribution in [0.5, 0.6) is 5.75 Å². The van der Waals surface area contributed by atoms with Gasteiger partial charge in [0.2, 0.25) is 0 Å². The normalized spacial score (nSPS) is 12.2. The number of nitrogens with two attached hydrogens (primary N) is 1. The molecule has 0 amide bonds. The quantitative estimate of drug-likeness (QED) is 0.919. The van der Waals surface area contributed by atoms with E-state index in [1.54, 1.807) is 6.20 Å². The van der Waals surface area contributed by atoms with Crippen LogP contribution in [0.4, 0.5) is 0 Å². The van der Waals surface area contributed by atoms with Crippen molar-refractivity contribution in [2.24, 2.45) is 5.73 Å². The van der Waals surface area contributed by atoms with Crippen LogP contribution in [0.15, 0.2) is 47.1 Å². The third-order valence-corrected chi connectivity index (χ3v) is 3.18. The molecule has 0 saturated heterocycles. The number of rotatable bonds is 5. The zero-order valence-electron chi connectivity index (χ0n) is 10.8. The molecule has 0 spiro atoms. The molecule has 0 aliphatic heterocycles. The Hall–Kier alpha value is -1.39. The van der Waals surface area contributed by atoms with Gasteiger partial charge in [0.05, 0.1) is 6.20 Å². The van der Waals surface area contributed by atoms with Crippen molar-refractivity contribution in [2.45, 2.75) is 26.0 Å². The molecular formula is C15H17BrN2O. The van der Waals surface area contributed by atoms with Crippen molar-refractivity contribution in [3.05, 3.63) is 58.3 Å². The molecule has 3 nitrogen and oxygen atoms in total. The van der Waals surface area contributed by atoms with E-state index in [0.717, 1.165) is 27.9 Å². The molecule has 100 valence electrons. The maximum absolute atomic E-state index is 5.73. The van der Waals surface area contributed by atoms with Crippen LogP contribution in [0.1, 0.15) is 18.2 Å². The van der Waals surface area contributed by atoms with Gasteiger partial charge in [0.15, 0.2) is 0 Å². The molecule has 1 heterocycles. The summed E-state index contributed by atoms with van der Waals surface area (Å²) in [5.74, 6) is 0.774. The van der Waals surface area contributed by atoms with Crippen LogP contribution < -0.4 is 10.5 Å². The Morgan fingerprint density at radius 3 is 2.53 bits per heavy atom. The smallest absolute Gasteiger partial charge is 0.138 e. The lowest BCUT2D eigenvalue weighted by Crippen LogP contribution is -2.18. The Morgan fingerprint density at radius 1 is 1.21 bits per heavy atom. The summed E-state index contributed by atoms with van der Waals surface area (Å²) in [7, 11) is 0. The second kappa shape index (κ2) is 6.68. The van der Waals surface area contributed by atoms with Crippen LogP contribution in [0.25, 0.3) is 0 Å². The van der Waals surface area contributed by atoms with Gasteiger partial charge in [0.25, 0.3) is 0 Å². The third-order valence-electron chi connectivity index (χ3n) is 2.65. The van der Waals surface area contributed by atoms with Gasteiger partial charge in [0, 0.05) is 22.6 Å². The highest BCUT2D eigenvalue weighted by Crippen LogP contribution is 2.14. The highest BCUT2D eigenvalue weighted by molar-refractivity contribution is 9.10. The fourth-order valence-electron chi connectivity index (χ4n) is 1.69. The van der Waals surface area contributed by atoms with E-state index in [9.17, 15) is 0 Å². The average molecular weight is 321 g/mol. The van der Waals surface area contributed by atoms with Crippen molar-refractivity contribution in [2.75, 3.05) is 0 Å². The number of ether oxygens (including phenoxy) is 1. The third kappa shape index (κ3) is 4.65. The minimum Gasteiger partial charge on any atom is -0.487 e. The van der Waals surface area contributed by atoms with Gasteiger partial charge in [-0.25, -0.2) is 0 Å². The molecule has 2 rings (SSSR count). The molecule has 4 heteroatoms. The molecule has 0 aliphatic carbocycles. The lowest BCUT2D eigenvalue weighted by Gasteiger charge is -2.08. The van der Waals surface area contributed by atoms with E-state index in [1.165, 1.54) is 0 Å². The van der Waals surface area contributed by atoms with Gasteiger partial charge in [-0.2, -0.15) is 0 Å². The van der Waals surface area contributed by atoms with Crippen LogP contribution in [-0.4, -0.2) is 11.0 Å². The summed E-state index contributed by atoms with van der Waals surface area (Å²) in [6.45, 7) is 2.52. The standard InChI is InChI=1S/C15H17BrN2O/c1-11(17)8-14-6-7-15(9-18-14)19-10-12-2-4-13(16)5-3-12/h2-7,9,11H,8,10,17H2,1H3. The molecule has 1 aromatic heterocycles. The number of nitrogens with zero attached hydrogens (tertiary/aromatic N) is 1. The van der Waals surface area contributed by atoms with Gasteiger partial charge < -0.3 is 10.5 Å². The first-order chi connectivity index (χ1) is 9.13. The highest BCUT2D eigenvalue weighted by atomic mass is 79.9. The number of hydrogen-bond donors (Lipinski definition) is 1. The molecule has 1 unspecified atom stereocenters. The number of pyridine rings is 1. The van der Waals surface area contributed by atoms with Gasteiger partial charge in [0.1, 0.15) is 12.4 Å². The SMILES string of the molecule is CC(N)Cc1ccc(OCc2ccc(Br)cc2)cn1. The van der Waals surface area contributed by atoms with Crippen molar-refractivity contribution in [3.8, 4) is 5.75 Å². The fourth-order valence-corrected chi connectivity index (χ4v) is 1.96. The molecule has 0 aliphatic rings. The molecule has 0 fully saturated rings. The van der Waals surface area contributed by atoms with Crippen LogP contribution in [0.2, 0.25) is 0 Å². The minimum absolute atomic E-state index is 0.127. The molecular weight excluding hydrogens is 304 g/mol. The predicted octanol–water partition coefficient (Wildman–Crippen LogP) is 3.31. The van der Waals surface area contributed by atoms with E-state index in [4.69, 9.17) is 10.5 Å². The molecule has 19 heavy (non-hydrogen) atoms. The van der Waals surface area contributed by atoms with Crippen molar-refractivity contribution in [1.82, 2.24) is 4.98 Å². The zero-order valence-corrected chi connectivity index (χ0v) is 12.4. The van der Waals surface area contributed by atoms with Gasteiger partial charge in [-0.3, -0.25) is 4.98 Å². The summed E-state index contributed by atoms with van der Waals surface area (Å²) in [4.78, 5) is 4.33. The van der Waals surface area contributed by atoms with Crippen molar-refractivity contribution in [1.29, 1.82) is 0 Å². The van der Waals surface area contributed by atoms with Gasteiger partial charge in [-0.05, 0) is 36.8 Å². The average Bonchev–Trinajstić information content (AvgIpc) is 2.39. The van der Waals surface area contributed by atoms with Gasteiger partial charge in [-0.15, -0.1) is 0 Å². The summed E-state index contributed by atoms with van der Waals surface area (Å²) in [5, 5.41) is 0. The number of benzene rings is 1. The molecule has 2 N–H and O–H groups in total. The molecule has 2 aromatic rings. The van der Waals surface area contributed by atoms with Crippen molar-refractivity contribution in [3.63, 3.8) is 0 Å². The van der Waals surface area contributed by atoms with E-state index in [2.05, 4.69) is 20.9 Å². The summed E-state index contributed by atoms with van der Waals surface area (Å²) < 4.78 is 6.75. The van der Waals surface area contributed by atoms with E-state index >= 15 is 0 Å². The maximum Gasteiger partial charge on any atom is 0.138 e. The maximum atomic E-state index is 5.73. The number of halogens is 1. The van der Waals surface area contributed by atoms with Crippen LogP contribution in [0.3, 0.4) is 0 Å². The van der Waals surface area contributed by atoms with E-state index in [-0.39, 0.29) is 6.04 Å². The molecule has 0 radical (unpaired) electrons. The van der Waals surface area contributed by atoms with Gasteiger partial charge >= 0.3 is 0 Å². The first-order valence-electron chi connectivity index (χ1n) is 6.21. The van der Waals surface area contributed by atoms with E-state index < -0.39 is 0 Å².